The molecule has 0 aromatic heterocycles. The lowest BCUT2D eigenvalue weighted by Gasteiger charge is -2.34. The second-order valence-corrected chi connectivity index (χ2v) is 6.59. The Bertz CT molecular complexity index is 737. The summed E-state index contributed by atoms with van der Waals surface area (Å²) in [6.07, 6.45) is 5.14. The lowest BCUT2D eigenvalue weighted by Crippen LogP contribution is -2.48. The van der Waals surface area contributed by atoms with E-state index in [4.69, 9.17) is 0 Å². The molecule has 2 aromatic carbocycles. The van der Waals surface area contributed by atoms with E-state index in [2.05, 4.69) is 29.2 Å². The van der Waals surface area contributed by atoms with E-state index in [9.17, 15) is 9.18 Å². The molecule has 0 atom stereocenters. The van der Waals surface area contributed by atoms with Crippen LogP contribution in [-0.2, 0) is 11.2 Å². The van der Waals surface area contributed by atoms with E-state index in [0.29, 0.717) is 18.4 Å². The number of hydrogen-bond acceptors (Lipinski definition) is 2. The largest absolute Gasteiger partial charge is 0.340 e. The lowest BCUT2D eigenvalue weighted by molar-refractivity contribution is -0.132. The monoisotopic (exact) mass is 352 g/mol. The van der Waals surface area contributed by atoms with Gasteiger partial charge in [-0.25, -0.2) is 4.39 Å². The van der Waals surface area contributed by atoms with Gasteiger partial charge in [-0.05, 0) is 23.6 Å². The zero-order valence-electron chi connectivity index (χ0n) is 15.0. The third-order valence-corrected chi connectivity index (χ3v) is 4.76. The minimum atomic E-state index is -0.227. The molecule has 1 heterocycles. The average Bonchev–Trinajstić information content (AvgIpc) is 2.68. The fraction of sp³-hybridized carbons (Fsp3) is 0.318. The molecule has 1 aliphatic rings. The van der Waals surface area contributed by atoms with Gasteiger partial charge in [0.2, 0.25) is 5.91 Å². The summed E-state index contributed by atoms with van der Waals surface area (Å²) in [6.45, 7) is 4.14. The van der Waals surface area contributed by atoms with Gasteiger partial charge in [0.25, 0.3) is 0 Å². The maximum Gasteiger partial charge on any atom is 0.222 e. The van der Waals surface area contributed by atoms with Crippen LogP contribution in [0.25, 0.3) is 6.08 Å². The zero-order chi connectivity index (χ0) is 18.2. The Morgan fingerprint density at radius 1 is 0.962 bits per heavy atom. The van der Waals surface area contributed by atoms with Gasteiger partial charge < -0.3 is 4.90 Å². The number of rotatable bonds is 6. The Balaban J connectivity index is 1.39. The highest BCUT2D eigenvalue weighted by molar-refractivity contribution is 5.76. The van der Waals surface area contributed by atoms with Gasteiger partial charge in [-0.15, -0.1) is 0 Å². The maximum absolute atomic E-state index is 13.6. The number of benzene rings is 2. The number of nitrogens with zero attached hydrogens (tertiary/aromatic N) is 2. The summed E-state index contributed by atoms with van der Waals surface area (Å²) in [4.78, 5) is 16.6. The smallest absolute Gasteiger partial charge is 0.222 e. The van der Waals surface area contributed by atoms with Crippen molar-refractivity contribution in [2.45, 2.75) is 12.8 Å². The van der Waals surface area contributed by atoms with Crippen molar-refractivity contribution in [2.75, 3.05) is 32.7 Å². The van der Waals surface area contributed by atoms with Crippen molar-refractivity contribution >= 4 is 12.0 Å². The van der Waals surface area contributed by atoms with Crippen LogP contribution in [0.5, 0.6) is 0 Å². The average molecular weight is 352 g/mol. The predicted octanol–water partition coefficient (Wildman–Crippen LogP) is 3.62. The molecule has 3 rings (SSSR count). The fourth-order valence-corrected chi connectivity index (χ4v) is 3.18. The summed E-state index contributed by atoms with van der Waals surface area (Å²) in [5.74, 6) is -0.108. The predicted molar refractivity (Wildman–Crippen MR) is 103 cm³/mol. The van der Waals surface area contributed by atoms with Crippen molar-refractivity contribution in [3.05, 3.63) is 77.6 Å². The van der Waals surface area contributed by atoms with Gasteiger partial charge in [0.15, 0.2) is 0 Å². The molecule has 1 saturated heterocycles. The first kappa shape index (κ1) is 18.3. The Morgan fingerprint density at radius 2 is 1.65 bits per heavy atom. The molecule has 0 saturated carbocycles. The summed E-state index contributed by atoms with van der Waals surface area (Å²) in [7, 11) is 0. The number of hydrogen-bond donors (Lipinski definition) is 0. The number of amides is 1. The second-order valence-electron chi connectivity index (χ2n) is 6.59. The molecule has 0 N–H and O–H groups in total. The van der Waals surface area contributed by atoms with Gasteiger partial charge in [0, 0.05) is 39.1 Å². The van der Waals surface area contributed by atoms with Crippen molar-refractivity contribution in [3.8, 4) is 0 Å². The molecule has 1 fully saturated rings. The van der Waals surface area contributed by atoms with Gasteiger partial charge in [0.1, 0.15) is 5.82 Å². The number of piperazine rings is 1. The Morgan fingerprint density at radius 3 is 2.38 bits per heavy atom. The van der Waals surface area contributed by atoms with Crippen LogP contribution in [0.3, 0.4) is 0 Å². The van der Waals surface area contributed by atoms with Crippen molar-refractivity contribution in [2.24, 2.45) is 0 Å². The number of carbonyl (C=O) groups is 1. The molecule has 1 aliphatic heterocycles. The molecule has 0 radical (unpaired) electrons. The SMILES string of the molecule is O=C(CCc1ccccc1F)N1CCN(C/C=C/c2ccccc2)CC1. The standard InChI is InChI=1S/C22H25FN2O/c23-21-11-5-4-10-20(21)12-13-22(26)25-17-15-24(16-18-25)14-6-9-19-7-2-1-3-8-19/h1-11H,12-18H2/b9-6+. The molecule has 26 heavy (non-hydrogen) atoms. The summed E-state index contributed by atoms with van der Waals surface area (Å²) in [5, 5.41) is 0. The number of carbonyl (C=O) groups excluding carboxylic acids is 1. The highest BCUT2D eigenvalue weighted by Gasteiger charge is 2.20. The molecular formula is C22H25FN2O. The zero-order valence-corrected chi connectivity index (χ0v) is 15.0. The topological polar surface area (TPSA) is 23.6 Å². The Hall–Kier alpha value is -2.46. The van der Waals surface area contributed by atoms with Crippen LogP contribution in [0.2, 0.25) is 0 Å². The molecule has 0 spiro atoms. The molecule has 2 aromatic rings. The van der Waals surface area contributed by atoms with E-state index in [1.807, 2.05) is 29.2 Å². The molecule has 3 nitrogen and oxygen atoms in total. The fourth-order valence-electron chi connectivity index (χ4n) is 3.18. The summed E-state index contributed by atoms with van der Waals surface area (Å²) >= 11 is 0. The van der Waals surface area contributed by atoms with Crippen LogP contribution in [0.15, 0.2) is 60.7 Å². The van der Waals surface area contributed by atoms with Crippen LogP contribution in [0, 0.1) is 5.82 Å². The van der Waals surface area contributed by atoms with Gasteiger partial charge >= 0.3 is 0 Å². The number of aryl methyl sites for hydroxylation is 1. The van der Waals surface area contributed by atoms with E-state index in [-0.39, 0.29) is 11.7 Å². The highest BCUT2D eigenvalue weighted by Crippen LogP contribution is 2.11. The van der Waals surface area contributed by atoms with Crippen LogP contribution >= 0.6 is 0 Å². The van der Waals surface area contributed by atoms with E-state index in [0.717, 1.165) is 32.7 Å². The van der Waals surface area contributed by atoms with E-state index in [1.165, 1.54) is 11.6 Å². The van der Waals surface area contributed by atoms with E-state index >= 15 is 0 Å². The first-order valence-electron chi connectivity index (χ1n) is 9.17. The van der Waals surface area contributed by atoms with Crippen LogP contribution in [0.4, 0.5) is 4.39 Å². The first-order chi connectivity index (χ1) is 12.7. The molecule has 0 bridgehead atoms. The third-order valence-electron chi connectivity index (χ3n) is 4.76. The minimum absolute atomic E-state index is 0.118. The lowest BCUT2D eigenvalue weighted by atomic mass is 10.1. The van der Waals surface area contributed by atoms with Gasteiger partial charge in [-0.3, -0.25) is 9.69 Å². The molecule has 136 valence electrons. The van der Waals surface area contributed by atoms with Gasteiger partial charge in [-0.2, -0.15) is 0 Å². The van der Waals surface area contributed by atoms with Crippen molar-refractivity contribution in [1.29, 1.82) is 0 Å². The van der Waals surface area contributed by atoms with Crippen molar-refractivity contribution in [3.63, 3.8) is 0 Å². The molecular weight excluding hydrogens is 327 g/mol. The minimum Gasteiger partial charge on any atom is -0.340 e. The second kappa shape index (κ2) is 9.30. The molecule has 0 aliphatic carbocycles. The Labute approximate surface area is 154 Å². The van der Waals surface area contributed by atoms with Gasteiger partial charge in [0.05, 0.1) is 0 Å². The van der Waals surface area contributed by atoms with E-state index < -0.39 is 0 Å². The van der Waals surface area contributed by atoms with Crippen molar-refractivity contribution < 1.29 is 9.18 Å². The molecule has 1 amide bonds. The highest BCUT2D eigenvalue weighted by atomic mass is 19.1. The van der Waals surface area contributed by atoms with Gasteiger partial charge in [-0.1, -0.05) is 60.7 Å². The summed E-state index contributed by atoms with van der Waals surface area (Å²) in [6, 6.07) is 16.9. The summed E-state index contributed by atoms with van der Waals surface area (Å²) < 4.78 is 13.6. The normalized spacial score (nSPS) is 15.5. The maximum atomic E-state index is 13.6. The van der Waals surface area contributed by atoms with Crippen LogP contribution in [0.1, 0.15) is 17.5 Å². The quantitative estimate of drug-likeness (QED) is 0.793. The first-order valence-corrected chi connectivity index (χ1v) is 9.17. The van der Waals surface area contributed by atoms with E-state index in [1.54, 1.807) is 12.1 Å². The third kappa shape index (κ3) is 5.27. The molecule has 0 unspecified atom stereocenters. The molecule has 4 heteroatoms. The Kier molecular flexibility index (Phi) is 6.56. The summed E-state index contributed by atoms with van der Waals surface area (Å²) in [5.41, 5.74) is 1.82. The van der Waals surface area contributed by atoms with Crippen LogP contribution < -0.4 is 0 Å². The van der Waals surface area contributed by atoms with Crippen LogP contribution in [-0.4, -0.2) is 48.4 Å². The van der Waals surface area contributed by atoms with Crippen molar-refractivity contribution in [1.82, 2.24) is 9.80 Å². The number of halogens is 1.